The fourth-order valence-electron chi connectivity index (χ4n) is 3.97. The molecule has 0 spiro atoms. The average molecular weight is 346 g/mol. The number of hydrogen-bond donors (Lipinski definition) is 0. The first kappa shape index (κ1) is 17.8. The van der Waals surface area contributed by atoms with Crippen LogP contribution in [0.2, 0.25) is 0 Å². The summed E-state index contributed by atoms with van der Waals surface area (Å²) in [6.07, 6.45) is 6.12. The molecule has 1 aliphatic carbocycles. The lowest BCUT2D eigenvalue weighted by molar-refractivity contribution is 0.226. The first-order chi connectivity index (χ1) is 11.7. The zero-order valence-corrected chi connectivity index (χ0v) is 16.2. The zero-order valence-electron chi connectivity index (χ0n) is 15.4. The van der Waals surface area contributed by atoms with Gasteiger partial charge in [-0.05, 0) is 50.9 Å². The summed E-state index contributed by atoms with van der Waals surface area (Å²) in [6.45, 7) is 4.41. The van der Waals surface area contributed by atoms with E-state index in [1.54, 1.807) is 0 Å². The van der Waals surface area contributed by atoms with Crippen molar-refractivity contribution in [2.24, 2.45) is 4.99 Å². The molecule has 0 aromatic heterocycles. The molecule has 0 bridgehead atoms. The Morgan fingerprint density at radius 1 is 1.17 bits per heavy atom. The van der Waals surface area contributed by atoms with Crippen LogP contribution in [0.1, 0.15) is 37.3 Å². The summed E-state index contributed by atoms with van der Waals surface area (Å²) >= 11 is 1.95. The molecule has 4 heteroatoms. The molecule has 1 unspecified atom stereocenters. The topological polar surface area (TPSA) is 18.8 Å². The highest BCUT2D eigenvalue weighted by Crippen LogP contribution is 2.29. The Kier molecular flexibility index (Phi) is 6.23. The van der Waals surface area contributed by atoms with Crippen LogP contribution in [-0.2, 0) is 12.8 Å². The molecule has 1 aromatic rings. The van der Waals surface area contributed by atoms with E-state index < -0.39 is 0 Å². The quantitative estimate of drug-likeness (QED) is 0.751. The minimum atomic E-state index is 0.594. The summed E-state index contributed by atoms with van der Waals surface area (Å²) in [4.78, 5) is 9.83. The summed E-state index contributed by atoms with van der Waals surface area (Å²) in [7, 11) is 4.44. The van der Waals surface area contributed by atoms with Crippen LogP contribution >= 0.6 is 11.8 Å². The van der Waals surface area contributed by atoms with Crippen molar-refractivity contribution < 1.29 is 0 Å². The lowest BCUT2D eigenvalue weighted by Gasteiger charge is -2.33. The van der Waals surface area contributed by atoms with E-state index in [9.17, 15) is 0 Å². The van der Waals surface area contributed by atoms with Gasteiger partial charge < -0.3 is 9.80 Å². The van der Waals surface area contributed by atoms with Gasteiger partial charge in [0.05, 0.1) is 6.54 Å². The Balaban J connectivity index is 1.69. The summed E-state index contributed by atoms with van der Waals surface area (Å²) in [5.74, 6) is 1.15. The summed E-state index contributed by atoms with van der Waals surface area (Å²) in [5.41, 5.74) is 3.07. The number of fused-ring (bicyclic) bond motifs is 1. The van der Waals surface area contributed by atoms with Gasteiger partial charge in [-0.15, -0.1) is 0 Å². The van der Waals surface area contributed by atoms with Gasteiger partial charge in [0.15, 0.2) is 5.17 Å². The van der Waals surface area contributed by atoms with E-state index >= 15 is 0 Å². The van der Waals surface area contributed by atoms with Crippen molar-refractivity contribution >= 4 is 16.9 Å². The fourth-order valence-corrected chi connectivity index (χ4v) is 4.92. The highest BCUT2D eigenvalue weighted by Gasteiger charge is 2.30. The molecule has 1 aromatic carbocycles. The third-order valence-electron chi connectivity index (χ3n) is 5.34. The summed E-state index contributed by atoms with van der Waals surface area (Å²) in [5, 5.41) is 1.29. The van der Waals surface area contributed by atoms with Crippen LogP contribution in [0.15, 0.2) is 29.3 Å². The minimum Gasteiger partial charge on any atom is -0.348 e. The van der Waals surface area contributed by atoms with E-state index in [2.05, 4.69) is 55.1 Å². The fraction of sp³-hybridized carbons (Fsp3) is 0.650. The Bertz CT molecular complexity index is 545. The minimum absolute atomic E-state index is 0.594. The number of hydrogen-bond acceptors (Lipinski definition) is 4. The standard InChI is InChI=1S/C20H31N3S/c1-4-7-18(22(2)3)10-12-23(20-21-11-13-24-20)19-14-16-8-5-6-9-17(16)15-19/h5-6,8-9,18-19H,4,7,10-15H2,1-3H3. The van der Waals surface area contributed by atoms with E-state index in [-0.39, 0.29) is 0 Å². The molecule has 1 aliphatic heterocycles. The van der Waals surface area contributed by atoms with Gasteiger partial charge in [0.2, 0.25) is 0 Å². The van der Waals surface area contributed by atoms with Crippen LogP contribution in [-0.4, -0.2) is 60.0 Å². The first-order valence-corrected chi connectivity index (χ1v) is 10.3. The van der Waals surface area contributed by atoms with Gasteiger partial charge in [-0.25, -0.2) is 0 Å². The smallest absolute Gasteiger partial charge is 0.159 e. The van der Waals surface area contributed by atoms with Crippen LogP contribution in [0, 0.1) is 0 Å². The summed E-state index contributed by atoms with van der Waals surface area (Å²) < 4.78 is 0. The molecular weight excluding hydrogens is 314 g/mol. The van der Waals surface area contributed by atoms with Crippen molar-refractivity contribution in [3.05, 3.63) is 35.4 Å². The van der Waals surface area contributed by atoms with Crippen LogP contribution in [0.5, 0.6) is 0 Å². The van der Waals surface area contributed by atoms with Crippen molar-refractivity contribution in [1.29, 1.82) is 0 Å². The molecule has 0 fully saturated rings. The first-order valence-electron chi connectivity index (χ1n) is 9.36. The predicted molar refractivity (Wildman–Crippen MR) is 106 cm³/mol. The maximum Gasteiger partial charge on any atom is 0.159 e. The third-order valence-corrected chi connectivity index (χ3v) is 6.35. The highest BCUT2D eigenvalue weighted by atomic mass is 32.2. The van der Waals surface area contributed by atoms with Crippen LogP contribution in [0.25, 0.3) is 0 Å². The third kappa shape index (κ3) is 4.15. The predicted octanol–water partition coefficient (Wildman–Crippen LogP) is 3.68. The molecule has 1 atom stereocenters. The lowest BCUT2D eigenvalue weighted by atomic mass is 10.1. The molecule has 2 aliphatic rings. The van der Waals surface area contributed by atoms with Gasteiger partial charge in [-0.2, -0.15) is 0 Å². The number of rotatable bonds is 7. The van der Waals surface area contributed by atoms with Gasteiger partial charge in [-0.1, -0.05) is 49.4 Å². The van der Waals surface area contributed by atoms with Gasteiger partial charge in [0.1, 0.15) is 0 Å². The Hall–Kier alpha value is -1.00. The molecule has 3 rings (SSSR count). The molecule has 0 N–H and O–H groups in total. The number of amidine groups is 1. The Morgan fingerprint density at radius 2 is 1.88 bits per heavy atom. The van der Waals surface area contributed by atoms with Crippen molar-refractivity contribution in [2.45, 2.75) is 51.1 Å². The highest BCUT2D eigenvalue weighted by molar-refractivity contribution is 8.14. The molecule has 132 valence electrons. The molecule has 0 radical (unpaired) electrons. The Labute approximate surface area is 151 Å². The van der Waals surface area contributed by atoms with Crippen LogP contribution < -0.4 is 0 Å². The molecular formula is C20H31N3S. The van der Waals surface area contributed by atoms with Crippen molar-refractivity contribution in [1.82, 2.24) is 9.80 Å². The van der Waals surface area contributed by atoms with E-state index in [1.165, 1.54) is 48.4 Å². The maximum atomic E-state index is 4.80. The average Bonchev–Trinajstić information content (AvgIpc) is 3.23. The number of thioether (sulfide) groups is 1. The van der Waals surface area contributed by atoms with Gasteiger partial charge in [0, 0.05) is 24.4 Å². The lowest BCUT2D eigenvalue weighted by Crippen LogP contribution is -2.42. The largest absolute Gasteiger partial charge is 0.348 e. The second-order valence-electron chi connectivity index (χ2n) is 7.23. The number of nitrogens with zero attached hydrogens (tertiary/aromatic N) is 3. The molecule has 0 amide bonds. The molecule has 0 saturated heterocycles. The summed E-state index contributed by atoms with van der Waals surface area (Å²) in [6, 6.07) is 10.2. The molecule has 24 heavy (non-hydrogen) atoms. The van der Waals surface area contributed by atoms with Crippen molar-refractivity contribution in [2.75, 3.05) is 32.9 Å². The number of benzene rings is 1. The van der Waals surface area contributed by atoms with Gasteiger partial charge in [0.25, 0.3) is 0 Å². The Morgan fingerprint density at radius 3 is 2.42 bits per heavy atom. The molecule has 3 nitrogen and oxygen atoms in total. The van der Waals surface area contributed by atoms with E-state index in [1.807, 2.05) is 11.8 Å². The zero-order chi connectivity index (χ0) is 16.9. The molecule has 1 heterocycles. The van der Waals surface area contributed by atoms with E-state index in [4.69, 9.17) is 4.99 Å². The van der Waals surface area contributed by atoms with Crippen LogP contribution in [0.3, 0.4) is 0 Å². The second kappa shape index (κ2) is 8.39. The monoisotopic (exact) mass is 345 g/mol. The SMILES string of the molecule is CCCC(CCN(C1=NCCS1)C1Cc2ccccc2C1)N(C)C. The van der Waals surface area contributed by atoms with Crippen LogP contribution in [0.4, 0.5) is 0 Å². The van der Waals surface area contributed by atoms with E-state index in [0.29, 0.717) is 12.1 Å². The number of aliphatic imine (C=N–C) groups is 1. The maximum absolute atomic E-state index is 4.80. The van der Waals surface area contributed by atoms with Gasteiger partial charge in [-0.3, -0.25) is 4.99 Å². The van der Waals surface area contributed by atoms with Gasteiger partial charge >= 0.3 is 0 Å². The normalized spacial score (nSPS) is 18.8. The molecule has 0 saturated carbocycles. The second-order valence-corrected chi connectivity index (χ2v) is 8.29. The van der Waals surface area contributed by atoms with Crippen molar-refractivity contribution in [3.63, 3.8) is 0 Å². The van der Waals surface area contributed by atoms with Crippen molar-refractivity contribution in [3.8, 4) is 0 Å². The van der Waals surface area contributed by atoms with E-state index in [0.717, 1.165) is 18.8 Å².